The standard InChI is InChI=1S/C18H17N3O4/c1-18(2)7-12-15(10-3-5-11(6-4-10)21(23)24)13(9-19)17(20)25-16(12)14(22)8-18/h3-6,15H,7-8,20H2,1-2H3. The second-order valence-electron chi connectivity index (χ2n) is 7.07. The summed E-state index contributed by atoms with van der Waals surface area (Å²) in [7, 11) is 0. The van der Waals surface area contributed by atoms with Crippen LogP contribution in [0.1, 0.15) is 38.2 Å². The number of rotatable bonds is 2. The van der Waals surface area contributed by atoms with Gasteiger partial charge in [-0.3, -0.25) is 14.9 Å². The zero-order valence-electron chi connectivity index (χ0n) is 13.9. The fourth-order valence-electron chi connectivity index (χ4n) is 3.47. The van der Waals surface area contributed by atoms with Gasteiger partial charge >= 0.3 is 0 Å². The lowest BCUT2D eigenvalue weighted by Crippen LogP contribution is -2.33. The average Bonchev–Trinajstić information content (AvgIpc) is 2.54. The highest BCUT2D eigenvalue weighted by atomic mass is 16.6. The van der Waals surface area contributed by atoms with E-state index in [0.717, 1.165) is 0 Å². The highest BCUT2D eigenvalue weighted by molar-refractivity contribution is 5.96. The number of nitro benzene ring substituents is 1. The Bertz CT molecular complexity index is 873. The van der Waals surface area contributed by atoms with Gasteiger partial charge in [0, 0.05) is 24.5 Å². The van der Waals surface area contributed by atoms with Gasteiger partial charge in [-0.2, -0.15) is 5.26 Å². The summed E-state index contributed by atoms with van der Waals surface area (Å²) in [4.78, 5) is 22.9. The van der Waals surface area contributed by atoms with Gasteiger partial charge in [0.2, 0.25) is 5.88 Å². The molecule has 0 amide bonds. The summed E-state index contributed by atoms with van der Waals surface area (Å²) in [5.41, 5.74) is 7.17. The molecule has 0 saturated heterocycles. The zero-order chi connectivity index (χ0) is 18.4. The molecule has 128 valence electrons. The molecule has 0 aromatic heterocycles. The van der Waals surface area contributed by atoms with E-state index in [2.05, 4.69) is 6.07 Å². The zero-order valence-corrected chi connectivity index (χ0v) is 13.9. The number of nitro groups is 1. The molecule has 1 aromatic rings. The molecule has 7 heteroatoms. The minimum Gasteiger partial charge on any atom is -0.437 e. The Morgan fingerprint density at radius 1 is 1.32 bits per heavy atom. The summed E-state index contributed by atoms with van der Waals surface area (Å²) in [5, 5.41) is 20.4. The number of Topliss-reactive ketones (excluding diaryl/α,β-unsaturated/α-hetero) is 1. The molecular formula is C18H17N3O4. The smallest absolute Gasteiger partial charge is 0.269 e. The van der Waals surface area contributed by atoms with Crippen molar-refractivity contribution in [3.8, 4) is 6.07 Å². The fourth-order valence-corrected chi connectivity index (χ4v) is 3.47. The van der Waals surface area contributed by atoms with Gasteiger partial charge in [0.25, 0.3) is 5.69 Å². The number of ether oxygens (including phenoxy) is 1. The minimum atomic E-state index is -0.530. The lowest BCUT2D eigenvalue weighted by molar-refractivity contribution is -0.384. The quantitative estimate of drug-likeness (QED) is 0.653. The number of non-ortho nitro benzene ring substituents is 1. The number of ketones is 1. The van der Waals surface area contributed by atoms with Crippen molar-refractivity contribution in [1.82, 2.24) is 0 Å². The summed E-state index contributed by atoms with van der Waals surface area (Å²) in [6.45, 7) is 3.96. The number of hydrogen-bond acceptors (Lipinski definition) is 6. The number of allylic oxidation sites excluding steroid dienone is 3. The summed E-state index contributed by atoms with van der Waals surface area (Å²) >= 11 is 0. The third kappa shape index (κ3) is 2.87. The summed E-state index contributed by atoms with van der Waals surface area (Å²) < 4.78 is 5.47. The summed E-state index contributed by atoms with van der Waals surface area (Å²) in [5.74, 6) is -0.548. The topological polar surface area (TPSA) is 119 Å². The SMILES string of the molecule is CC1(C)CC(=O)C2=C(C1)C(c1ccc([N+](=O)[O-])cc1)C(C#N)=C(N)O2. The van der Waals surface area contributed by atoms with Crippen LogP contribution in [0.5, 0.6) is 0 Å². The van der Waals surface area contributed by atoms with Gasteiger partial charge in [0.1, 0.15) is 11.6 Å². The van der Waals surface area contributed by atoms with E-state index in [1.807, 2.05) is 13.8 Å². The van der Waals surface area contributed by atoms with Crippen LogP contribution >= 0.6 is 0 Å². The molecule has 0 saturated carbocycles. The van der Waals surface area contributed by atoms with E-state index in [-0.39, 0.29) is 34.1 Å². The molecule has 1 aliphatic carbocycles. The first-order valence-corrected chi connectivity index (χ1v) is 7.82. The van der Waals surface area contributed by atoms with Crippen molar-refractivity contribution < 1.29 is 14.5 Å². The number of nitrogens with two attached hydrogens (primary N) is 1. The van der Waals surface area contributed by atoms with E-state index in [4.69, 9.17) is 10.5 Å². The second kappa shape index (κ2) is 5.74. The van der Waals surface area contributed by atoms with Crippen LogP contribution < -0.4 is 5.73 Å². The predicted octanol–water partition coefficient (Wildman–Crippen LogP) is 3.05. The van der Waals surface area contributed by atoms with E-state index in [1.165, 1.54) is 12.1 Å². The van der Waals surface area contributed by atoms with Gasteiger partial charge in [-0.05, 0) is 23.0 Å². The molecule has 0 radical (unpaired) electrons. The highest BCUT2D eigenvalue weighted by Gasteiger charge is 2.42. The van der Waals surface area contributed by atoms with Gasteiger partial charge in [-0.25, -0.2) is 0 Å². The third-order valence-corrected chi connectivity index (χ3v) is 4.53. The first kappa shape index (κ1) is 16.7. The van der Waals surface area contributed by atoms with Crippen molar-refractivity contribution in [2.24, 2.45) is 11.1 Å². The molecule has 1 aromatic carbocycles. The lowest BCUT2D eigenvalue weighted by Gasteiger charge is -2.37. The monoisotopic (exact) mass is 339 g/mol. The normalized spacial score (nSPS) is 22.1. The number of carbonyl (C=O) groups is 1. The number of nitrogens with zero attached hydrogens (tertiary/aromatic N) is 2. The molecular weight excluding hydrogens is 322 g/mol. The molecule has 0 fully saturated rings. The minimum absolute atomic E-state index is 0.0412. The van der Waals surface area contributed by atoms with Crippen LogP contribution in [0.2, 0.25) is 0 Å². The Balaban J connectivity index is 2.15. The van der Waals surface area contributed by atoms with Crippen molar-refractivity contribution in [3.63, 3.8) is 0 Å². The van der Waals surface area contributed by atoms with Crippen molar-refractivity contribution in [3.05, 3.63) is 62.7 Å². The molecule has 2 N–H and O–H groups in total. The lowest BCUT2D eigenvalue weighted by atomic mass is 9.69. The van der Waals surface area contributed by atoms with Crippen LogP contribution in [0.25, 0.3) is 0 Å². The van der Waals surface area contributed by atoms with Gasteiger partial charge in [-0.1, -0.05) is 26.0 Å². The second-order valence-corrected chi connectivity index (χ2v) is 7.07. The Kier molecular flexibility index (Phi) is 3.84. The van der Waals surface area contributed by atoms with E-state index < -0.39 is 10.8 Å². The maximum Gasteiger partial charge on any atom is 0.269 e. The van der Waals surface area contributed by atoms with Crippen LogP contribution in [0.3, 0.4) is 0 Å². The van der Waals surface area contributed by atoms with E-state index in [1.54, 1.807) is 12.1 Å². The van der Waals surface area contributed by atoms with Crippen LogP contribution in [-0.4, -0.2) is 10.7 Å². The van der Waals surface area contributed by atoms with Gasteiger partial charge in [0.05, 0.1) is 4.92 Å². The maximum atomic E-state index is 12.5. The molecule has 25 heavy (non-hydrogen) atoms. The van der Waals surface area contributed by atoms with E-state index >= 15 is 0 Å². The van der Waals surface area contributed by atoms with Crippen molar-refractivity contribution in [1.29, 1.82) is 5.26 Å². The first-order chi connectivity index (χ1) is 11.7. The van der Waals surface area contributed by atoms with E-state index in [0.29, 0.717) is 24.0 Å². The molecule has 0 spiro atoms. The highest BCUT2D eigenvalue weighted by Crippen LogP contribution is 2.48. The van der Waals surface area contributed by atoms with Gasteiger partial charge < -0.3 is 10.5 Å². The Labute approximate surface area is 144 Å². The molecule has 1 heterocycles. The first-order valence-electron chi connectivity index (χ1n) is 7.82. The van der Waals surface area contributed by atoms with Crippen LogP contribution in [0.4, 0.5) is 5.69 Å². The maximum absolute atomic E-state index is 12.5. The molecule has 1 aliphatic heterocycles. The van der Waals surface area contributed by atoms with Crippen molar-refractivity contribution in [2.45, 2.75) is 32.6 Å². The fraction of sp³-hybridized carbons (Fsp3) is 0.333. The number of benzene rings is 1. The Morgan fingerprint density at radius 3 is 2.52 bits per heavy atom. The predicted molar refractivity (Wildman–Crippen MR) is 88.8 cm³/mol. The molecule has 7 nitrogen and oxygen atoms in total. The van der Waals surface area contributed by atoms with Crippen LogP contribution in [-0.2, 0) is 9.53 Å². The Morgan fingerprint density at radius 2 is 1.96 bits per heavy atom. The molecule has 2 aliphatic rings. The molecule has 3 rings (SSSR count). The van der Waals surface area contributed by atoms with Crippen molar-refractivity contribution in [2.75, 3.05) is 0 Å². The van der Waals surface area contributed by atoms with Gasteiger partial charge in [0.15, 0.2) is 11.5 Å². The molecule has 1 unspecified atom stereocenters. The largest absolute Gasteiger partial charge is 0.437 e. The third-order valence-electron chi connectivity index (χ3n) is 4.53. The van der Waals surface area contributed by atoms with Crippen LogP contribution in [0, 0.1) is 26.9 Å². The number of nitriles is 1. The van der Waals surface area contributed by atoms with E-state index in [9.17, 15) is 20.2 Å². The number of carbonyl (C=O) groups excluding carboxylic acids is 1. The van der Waals surface area contributed by atoms with Crippen LogP contribution in [0.15, 0.2) is 47.1 Å². The molecule has 1 atom stereocenters. The molecule has 0 bridgehead atoms. The van der Waals surface area contributed by atoms with Crippen molar-refractivity contribution >= 4 is 11.5 Å². The summed E-state index contributed by atoms with van der Waals surface area (Å²) in [6.07, 6.45) is 0.919. The summed E-state index contributed by atoms with van der Waals surface area (Å²) in [6, 6.07) is 8.01. The number of hydrogen-bond donors (Lipinski definition) is 1. The van der Waals surface area contributed by atoms with Gasteiger partial charge in [-0.15, -0.1) is 0 Å². The average molecular weight is 339 g/mol. The Hall–Kier alpha value is -3.14.